The Kier molecular flexibility index (Phi) is 27.1. The van der Waals surface area contributed by atoms with Gasteiger partial charge in [-0.2, -0.15) is 0 Å². The molecule has 0 spiro atoms. The van der Waals surface area contributed by atoms with Gasteiger partial charge in [0.25, 0.3) is 0 Å². The maximum Gasteiger partial charge on any atom is 0 e. The van der Waals surface area contributed by atoms with Crippen molar-refractivity contribution < 1.29 is 5.71 Å². The summed E-state index contributed by atoms with van der Waals surface area (Å²) in [6, 6.07) is 0. The van der Waals surface area contributed by atoms with Gasteiger partial charge in [0.15, 0.2) is 0 Å². The van der Waals surface area contributed by atoms with E-state index in [1.54, 1.807) is 0 Å². The van der Waals surface area contributed by atoms with Crippen LogP contribution in [-0.4, -0.2) is 0 Å². The Morgan fingerprint density at radius 1 is 0.556 bits per heavy atom. The Morgan fingerprint density at radius 2 is 0.963 bits per heavy atom. The molecule has 0 rings (SSSR count). The first-order valence-corrected chi connectivity index (χ1v) is 12.4. The van der Waals surface area contributed by atoms with Gasteiger partial charge in [-0.15, -0.1) is 0 Å². The Hall–Kier alpha value is -0.520. The minimum absolute atomic E-state index is 0. The lowest BCUT2D eigenvalue weighted by Gasteiger charge is -2.15. The lowest BCUT2D eigenvalue weighted by atomic mass is 9.91. The van der Waals surface area contributed by atoms with E-state index >= 15 is 0 Å². The van der Waals surface area contributed by atoms with Gasteiger partial charge in [-0.05, 0) is 44.9 Å². The molecule has 170 valence electrons. The first-order chi connectivity index (χ1) is 13.2. The molecule has 0 aromatic carbocycles. The van der Waals surface area contributed by atoms with Crippen molar-refractivity contribution in [2.24, 2.45) is 11.8 Å². The lowest BCUT2D eigenvalue weighted by Crippen LogP contribution is -2.00. The van der Waals surface area contributed by atoms with E-state index in [0.29, 0.717) is 0 Å². The van der Waals surface area contributed by atoms with Crippen molar-refractivity contribution in [1.82, 2.24) is 0 Å². The fourth-order valence-corrected chi connectivity index (χ4v) is 3.61. The summed E-state index contributed by atoms with van der Waals surface area (Å²) in [5, 5.41) is 0. The van der Waals surface area contributed by atoms with Crippen molar-refractivity contribution in [3.63, 3.8) is 0 Å². The molecule has 1 atom stereocenters. The molecule has 0 heteroatoms. The predicted molar refractivity (Wildman–Crippen MR) is 137 cm³/mol. The molecule has 0 aliphatic carbocycles. The Labute approximate surface area is 180 Å². The van der Waals surface area contributed by atoms with Crippen LogP contribution in [0.1, 0.15) is 144 Å². The molecule has 0 saturated heterocycles. The topological polar surface area (TPSA) is 0 Å². The van der Waals surface area contributed by atoms with Crippen LogP contribution in [0.4, 0.5) is 0 Å². The van der Waals surface area contributed by atoms with Crippen molar-refractivity contribution in [2.45, 2.75) is 138 Å². The molecular formula is C27H62. The standard InChI is InChI=1S/C14H26.C13H28.4H2/c1-4-7-10-13-14(11-8-5-2)12-9-6-3;1-4-7-10-13(11-8-5-2)12-9-6-3;;;;/h4-5,7-8,14H,6,9-13H2,1-3H3;13H,4-12H2,1-3H3;4*1H/b7-4+,8-5+;;;;;/i;;4*1+2. The third-order valence-electron chi connectivity index (χ3n) is 5.55. The zero-order chi connectivity index (χ0) is 20.6. The third-order valence-corrected chi connectivity index (χ3v) is 5.55. The van der Waals surface area contributed by atoms with E-state index in [9.17, 15) is 0 Å². The molecule has 0 N–H and O–H groups in total. The molecule has 1 unspecified atom stereocenters. The molecule has 0 fully saturated rings. The molecule has 0 heterocycles. The molecule has 0 aliphatic rings. The molecular weight excluding hydrogens is 324 g/mol. The van der Waals surface area contributed by atoms with Gasteiger partial charge in [-0.1, -0.05) is 129 Å². The smallest absolute Gasteiger partial charge is 0 e. The Bertz CT molecular complexity index is 297. The van der Waals surface area contributed by atoms with Crippen LogP contribution in [0.3, 0.4) is 0 Å². The number of unbranched alkanes of at least 4 members (excludes halogenated alkanes) is 4. The summed E-state index contributed by atoms with van der Waals surface area (Å²) < 4.78 is 0. The summed E-state index contributed by atoms with van der Waals surface area (Å²) in [4.78, 5) is 0. The lowest BCUT2D eigenvalue weighted by molar-refractivity contribution is 0.382. The zero-order valence-corrected chi connectivity index (χ0v) is 20.1. The van der Waals surface area contributed by atoms with Crippen LogP contribution < -0.4 is 0 Å². The number of rotatable bonds is 17. The van der Waals surface area contributed by atoms with Crippen LogP contribution in [0.5, 0.6) is 0 Å². The number of hydrogen-bond acceptors (Lipinski definition) is 0. The minimum Gasteiger partial charge on any atom is -0.0917 e. The highest BCUT2D eigenvalue weighted by Crippen LogP contribution is 2.22. The first kappa shape index (κ1) is 28.7. The van der Waals surface area contributed by atoms with E-state index in [1.165, 1.54) is 96.3 Å². The fourth-order valence-electron chi connectivity index (χ4n) is 3.61. The summed E-state index contributed by atoms with van der Waals surface area (Å²) in [5.41, 5.74) is 0. The predicted octanol–water partition coefficient (Wildman–Crippen LogP) is 11.3. The summed E-state index contributed by atoms with van der Waals surface area (Å²) >= 11 is 0. The van der Waals surface area contributed by atoms with Gasteiger partial charge >= 0.3 is 0 Å². The molecule has 0 aromatic heterocycles. The second-order valence-corrected chi connectivity index (χ2v) is 8.25. The van der Waals surface area contributed by atoms with Gasteiger partial charge < -0.3 is 0 Å². The first-order valence-electron chi connectivity index (χ1n) is 12.4. The highest BCUT2D eigenvalue weighted by atomic mass is 14.1. The van der Waals surface area contributed by atoms with E-state index < -0.39 is 0 Å². The molecule has 0 bridgehead atoms. The van der Waals surface area contributed by atoms with Gasteiger partial charge in [-0.25, -0.2) is 0 Å². The largest absolute Gasteiger partial charge is 0.0917 e. The molecule has 27 heavy (non-hydrogen) atoms. The molecule has 0 saturated carbocycles. The quantitative estimate of drug-likeness (QED) is 0.215. The van der Waals surface area contributed by atoms with E-state index in [4.69, 9.17) is 0 Å². The average molecular weight is 395 g/mol. The Balaban J connectivity index is -0.0000000895. The average Bonchev–Trinajstić information content (AvgIpc) is 2.69. The second kappa shape index (κ2) is 25.5. The molecule has 0 aliphatic heterocycles. The highest BCUT2D eigenvalue weighted by Gasteiger charge is 2.06. The highest BCUT2D eigenvalue weighted by molar-refractivity contribution is 4.83. The maximum atomic E-state index is 2.32. The molecule has 0 nitrogen and oxygen atoms in total. The van der Waals surface area contributed by atoms with E-state index in [2.05, 4.69) is 65.8 Å². The maximum absolute atomic E-state index is 2.32. The van der Waals surface area contributed by atoms with Crippen molar-refractivity contribution >= 4 is 0 Å². The van der Waals surface area contributed by atoms with E-state index in [0.717, 1.165) is 11.8 Å². The molecule has 0 amide bonds. The summed E-state index contributed by atoms with van der Waals surface area (Å²) in [6.07, 6.45) is 29.8. The van der Waals surface area contributed by atoms with Crippen molar-refractivity contribution in [3.05, 3.63) is 24.3 Å². The summed E-state index contributed by atoms with van der Waals surface area (Å²) in [6.45, 7) is 13.4. The van der Waals surface area contributed by atoms with E-state index in [1.807, 2.05) is 0 Å². The molecule has 0 radical (unpaired) electrons. The van der Waals surface area contributed by atoms with Crippen LogP contribution in [0, 0.1) is 11.8 Å². The van der Waals surface area contributed by atoms with Crippen LogP contribution >= 0.6 is 0 Å². The monoisotopic (exact) mass is 395 g/mol. The van der Waals surface area contributed by atoms with Crippen molar-refractivity contribution in [3.8, 4) is 0 Å². The van der Waals surface area contributed by atoms with Crippen LogP contribution in [0.2, 0.25) is 0 Å². The number of allylic oxidation sites excluding steroid dienone is 4. The van der Waals surface area contributed by atoms with Gasteiger partial charge in [0.1, 0.15) is 0 Å². The summed E-state index contributed by atoms with van der Waals surface area (Å²) in [7, 11) is 0. The van der Waals surface area contributed by atoms with Gasteiger partial charge in [0, 0.05) is 5.71 Å². The SMILES string of the molecule is C/C=C/CCC(C/C=C/C)CCCC.CCCCC(CCCC)CCCC.[3HH].[3HH].[3HH].[3HH]. The van der Waals surface area contributed by atoms with Crippen LogP contribution in [0.25, 0.3) is 0 Å². The Morgan fingerprint density at radius 3 is 1.33 bits per heavy atom. The number of hydrogen-bond donors (Lipinski definition) is 0. The van der Waals surface area contributed by atoms with Gasteiger partial charge in [0.05, 0.1) is 0 Å². The van der Waals surface area contributed by atoms with E-state index in [-0.39, 0.29) is 5.71 Å². The molecule has 0 aromatic rings. The van der Waals surface area contributed by atoms with Gasteiger partial charge in [0.2, 0.25) is 0 Å². The minimum atomic E-state index is 0. The zero-order valence-electron chi connectivity index (χ0n) is 20.1. The summed E-state index contributed by atoms with van der Waals surface area (Å²) in [5.74, 6) is 1.95. The second-order valence-electron chi connectivity index (χ2n) is 8.25. The van der Waals surface area contributed by atoms with Crippen LogP contribution in [-0.2, 0) is 0 Å². The third kappa shape index (κ3) is 23.4. The normalized spacial score (nSPS) is 12.7. The van der Waals surface area contributed by atoms with Crippen molar-refractivity contribution in [2.75, 3.05) is 0 Å². The van der Waals surface area contributed by atoms with Crippen molar-refractivity contribution in [1.29, 1.82) is 0 Å². The van der Waals surface area contributed by atoms with Gasteiger partial charge in [-0.3, -0.25) is 0 Å². The fraction of sp³-hybridized carbons (Fsp3) is 0.852. The van der Waals surface area contributed by atoms with Crippen LogP contribution in [0.15, 0.2) is 24.3 Å².